The third-order valence-corrected chi connectivity index (χ3v) is 8.33. The number of carbonyl (C=O) groups excluding carboxylic acids is 1. The van der Waals surface area contributed by atoms with Crippen LogP contribution < -0.4 is 16.2 Å². The second-order valence-corrected chi connectivity index (χ2v) is 11.8. The van der Waals surface area contributed by atoms with Crippen LogP contribution in [0, 0.1) is 11.3 Å². The number of piperidine rings is 1. The van der Waals surface area contributed by atoms with Crippen molar-refractivity contribution in [1.29, 1.82) is 5.26 Å². The average molecular weight is 595 g/mol. The number of aliphatic hydroxyl groups excluding tert-OH is 1. The number of ether oxygens (including phenoxy) is 1. The number of imidazole rings is 1. The zero-order chi connectivity index (χ0) is 31.0. The zero-order valence-electron chi connectivity index (χ0n) is 24.6. The van der Waals surface area contributed by atoms with Gasteiger partial charge in [0, 0.05) is 31.7 Å². The topological polar surface area (TPSA) is 156 Å². The number of benzene rings is 2. The lowest BCUT2D eigenvalue weighted by Gasteiger charge is -2.46. The summed E-state index contributed by atoms with van der Waals surface area (Å²) >= 11 is 0. The van der Waals surface area contributed by atoms with Crippen molar-refractivity contribution >= 4 is 22.9 Å². The van der Waals surface area contributed by atoms with Crippen LogP contribution in [0.15, 0.2) is 77.4 Å². The van der Waals surface area contributed by atoms with Gasteiger partial charge in [-0.15, -0.1) is 0 Å². The van der Waals surface area contributed by atoms with E-state index in [1.165, 1.54) is 10.9 Å². The summed E-state index contributed by atoms with van der Waals surface area (Å²) < 4.78 is 8.98. The van der Waals surface area contributed by atoms with Gasteiger partial charge in [0.25, 0.3) is 5.91 Å². The normalized spacial score (nSPS) is 18.2. The Labute approximate surface area is 254 Å². The second kappa shape index (κ2) is 11.6. The molecule has 2 aliphatic heterocycles. The van der Waals surface area contributed by atoms with Crippen molar-refractivity contribution in [3.05, 3.63) is 83.1 Å². The number of aromatic nitrogens is 4. The third-order valence-electron chi connectivity index (χ3n) is 8.33. The van der Waals surface area contributed by atoms with E-state index in [2.05, 4.69) is 16.0 Å². The maximum atomic E-state index is 14.1. The molecule has 2 aliphatic rings. The molecule has 0 aliphatic carbocycles. The number of hydrogen-bond acceptors (Lipinski definition) is 9. The lowest BCUT2D eigenvalue weighted by Crippen LogP contribution is -2.59. The van der Waals surface area contributed by atoms with E-state index in [4.69, 9.17) is 10.5 Å². The number of nitriles is 1. The number of aliphatic hydroxyl groups is 1. The molecule has 2 aromatic carbocycles. The molecule has 4 heterocycles. The number of amides is 1. The van der Waals surface area contributed by atoms with Gasteiger partial charge in [0.1, 0.15) is 35.0 Å². The molecule has 2 fully saturated rings. The van der Waals surface area contributed by atoms with Crippen molar-refractivity contribution in [1.82, 2.24) is 28.9 Å². The molecule has 0 bridgehead atoms. The Balaban J connectivity index is 1.30. The Bertz CT molecular complexity index is 1820. The molecule has 4 aromatic rings. The number of para-hydroxylation sites is 1. The number of nitrogens with two attached hydrogens (primary N) is 1. The van der Waals surface area contributed by atoms with E-state index < -0.39 is 17.7 Å². The van der Waals surface area contributed by atoms with Crippen molar-refractivity contribution in [3.8, 4) is 23.3 Å². The van der Waals surface area contributed by atoms with E-state index in [0.29, 0.717) is 60.8 Å². The summed E-state index contributed by atoms with van der Waals surface area (Å²) in [5.74, 6) is 1.08. The van der Waals surface area contributed by atoms with E-state index in [1.807, 2.05) is 49.1 Å². The second-order valence-electron chi connectivity index (χ2n) is 11.8. The Hall–Kier alpha value is -4.99. The van der Waals surface area contributed by atoms with Crippen LogP contribution in [-0.4, -0.2) is 77.7 Å². The fourth-order valence-corrected chi connectivity index (χ4v) is 5.96. The molecule has 2 aromatic heterocycles. The first kappa shape index (κ1) is 29.1. The van der Waals surface area contributed by atoms with E-state index in [1.54, 1.807) is 39.8 Å². The van der Waals surface area contributed by atoms with Crippen LogP contribution in [0.3, 0.4) is 0 Å². The number of likely N-dealkylation sites (tertiary alicyclic amines) is 2. The van der Waals surface area contributed by atoms with E-state index in [-0.39, 0.29) is 29.5 Å². The molecule has 226 valence electrons. The summed E-state index contributed by atoms with van der Waals surface area (Å²) in [6, 6.07) is 18.2. The number of carbonyl (C=O) groups is 1. The molecule has 6 rings (SSSR count). The van der Waals surface area contributed by atoms with E-state index in [9.17, 15) is 20.0 Å². The van der Waals surface area contributed by atoms with Gasteiger partial charge >= 0.3 is 5.69 Å². The number of nitrogen functional groups attached to an aromatic ring is 1. The summed E-state index contributed by atoms with van der Waals surface area (Å²) in [5.41, 5.74) is 6.74. The molecule has 1 amide bonds. The lowest BCUT2D eigenvalue weighted by molar-refractivity contribution is -0.128. The molecule has 2 saturated heterocycles. The largest absolute Gasteiger partial charge is 0.457 e. The molecule has 0 saturated carbocycles. The number of anilines is 1. The van der Waals surface area contributed by atoms with Crippen LogP contribution in [0.2, 0.25) is 0 Å². The average Bonchev–Trinajstić information content (AvgIpc) is 3.31. The molecular formula is C32H34N8O4. The van der Waals surface area contributed by atoms with Crippen LogP contribution in [0.5, 0.6) is 11.5 Å². The quantitative estimate of drug-likeness (QED) is 0.243. The minimum atomic E-state index is -0.574. The summed E-state index contributed by atoms with van der Waals surface area (Å²) in [6.07, 6.45) is 3.88. The standard InChI is InChI=1S/C32H34N8O4/c1-32(2,38-18-24(41)19-38)15-21(16-33)30(42)37-14-6-7-23(17-37)40-29-27(28(34)35-20-36-29)39(31(40)43)22-10-12-26(13-11-22)44-25-8-4-3-5-9-25/h3-5,8-13,15,20,23-24,41H,6-7,14,17-19H2,1-2H3,(H2,34,35,36)/b21-15-/t23-/m0/s1. The van der Waals surface area contributed by atoms with Crippen LogP contribution in [0.1, 0.15) is 32.7 Å². The predicted octanol–water partition coefficient (Wildman–Crippen LogP) is 3.03. The fraction of sp³-hybridized carbons (Fsp3) is 0.344. The van der Waals surface area contributed by atoms with Crippen molar-refractivity contribution in [2.24, 2.45) is 0 Å². The van der Waals surface area contributed by atoms with Crippen molar-refractivity contribution < 1.29 is 14.6 Å². The van der Waals surface area contributed by atoms with Gasteiger partial charge in [0.05, 0.1) is 17.8 Å². The highest BCUT2D eigenvalue weighted by atomic mass is 16.5. The fourth-order valence-electron chi connectivity index (χ4n) is 5.96. The molecule has 0 spiro atoms. The van der Waals surface area contributed by atoms with Gasteiger partial charge in [-0.3, -0.25) is 18.8 Å². The first-order chi connectivity index (χ1) is 21.2. The third kappa shape index (κ3) is 5.43. The highest BCUT2D eigenvalue weighted by molar-refractivity contribution is 5.97. The minimum absolute atomic E-state index is 0.0381. The number of rotatable bonds is 7. The van der Waals surface area contributed by atoms with Gasteiger partial charge in [-0.1, -0.05) is 18.2 Å². The predicted molar refractivity (Wildman–Crippen MR) is 164 cm³/mol. The van der Waals surface area contributed by atoms with Crippen LogP contribution in [-0.2, 0) is 4.79 Å². The zero-order valence-corrected chi connectivity index (χ0v) is 24.6. The lowest BCUT2D eigenvalue weighted by atomic mass is 9.93. The summed E-state index contributed by atoms with van der Waals surface area (Å²) in [4.78, 5) is 39.9. The van der Waals surface area contributed by atoms with Crippen LogP contribution >= 0.6 is 0 Å². The first-order valence-corrected chi connectivity index (χ1v) is 14.6. The Morgan fingerprint density at radius 1 is 1.09 bits per heavy atom. The van der Waals surface area contributed by atoms with Gasteiger partial charge < -0.3 is 20.5 Å². The van der Waals surface area contributed by atoms with Gasteiger partial charge in [-0.25, -0.2) is 14.8 Å². The molecule has 12 heteroatoms. The summed E-state index contributed by atoms with van der Waals surface area (Å²) in [5, 5.41) is 19.6. The Kier molecular flexibility index (Phi) is 7.67. The summed E-state index contributed by atoms with van der Waals surface area (Å²) in [7, 11) is 0. The smallest absolute Gasteiger partial charge is 0.335 e. The maximum Gasteiger partial charge on any atom is 0.335 e. The highest BCUT2D eigenvalue weighted by Gasteiger charge is 2.37. The van der Waals surface area contributed by atoms with Gasteiger partial charge in [-0.2, -0.15) is 5.26 Å². The van der Waals surface area contributed by atoms with Crippen molar-refractivity contribution in [2.45, 2.75) is 44.4 Å². The van der Waals surface area contributed by atoms with E-state index in [0.717, 1.165) is 0 Å². The summed E-state index contributed by atoms with van der Waals surface area (Å²) in [6.45, 7) is 5.51. The van der Waals surface area contributed by atoms with Crippen LogP contribution in [0.25, 0.3) is 16.9 Å². The molecule has 12 nitrogen and oxygen atoms in total. The molecule has 1 atom stereocenters. The molecule has 44 heavy (non-hydrogen) atoms. The number of hydrogen-bond donors (Lipinski definition) is 2. The minimum Gasteiger partial charge on any atom is -0.457 e. The maximum absolute atomic E-state index is 14.1. The molecule has 0 radical (unpaired) electrons. The molecular weight excluding hydrogens is 560 g/mol. The monoisotopic (exact) mass is 594 g/mol. The molecule has 3 N–H and O–H groups in total. The van der Waals surface area contributed by atoms with Gasteiger partial charge in [-0.05, 0) is 69.2 Å². The van der Waals surface area contributed by atoms with Crippen molar-refractivity contribution in [2.75, 3.05) is 31.9 Å². The first-order valence-electron chi connectivity index (χ1n) is 14.6. The van der Waals surface area contributed by atoms with Gasteiger partial charge in [0.2, 0.25) is 0 Å². The van der Waals surface area contributed by atoms with Crippen molar-refractivity contribution in [3.63, 3.8) is 0 Å². The SMILES string of the molecule is CC(C)(/C=C(/C#N)C(=O)N1CCC[C@H](n2c(=O)n(-c3ccc(Oc4ccccc4)cc3)c3c(N)ncnc32)C1)N1CC(O)C1. The molecule has 0 unspecified atom stereocenters. The Morgan fingerprint density at radius 3 is 2.48 bits per heavy atom. The Morgan fingerprint density at radius 2 is 1.80 bits per heavy atom. The van der Waals surface area contributed by atoms with Crippen LogP contribution in [0.4, 0.5) is 5.82 Å². The number of fused-ring (bicyclic) bond motifs is 1. The van der Waals surface area contributed by atoms with Gasteiger partial charge in [0.15, 0.2) is 11.5 Å². The number of nitrogens with zero attached hydrogens (tertiary/aromatic N) is 7. The number of β-amino-alcohol motifs (C(OH)–C–C–N with tert-alkyl or cyclic N) is 1. The highest BCUT2D eigenvalue weighted by Crippen LogP contribution is 2.30. The van der Waals surface area contributed by atoms with E-state index >= 15 is 0 Å².